The van der Waals surface area contributed by atoms with E-state index in [2.05, 4.69) is 15.6 Å². The Labute approximate surface area is 211 Å². The summed E-state index contributed by atoms with van der Waals surface area (Å²) >= 11 is 0. The molecule has 2 N–H and O–H groups in total. The second-order valence-electron chi connectivity index (χ2n) is 9.53. The summed E-state index contributed by atoms with van der Waals surface area (Å²) in [5.74, 6) is 0.398. The molecular weight excluding hydrogens is 462 g/mol. The molecule has 0 saturated heterocycles. The van der Waals surface area contributed by atoms with Crippen LogP contribution in [0.3, 0.4) is 0 Å². The van der Waals surface area contributed by atoms with Crippen molar-refractivity contribution in [1.82, 2.24) is 25.1 Å². The van der Waals surface area contributed by atoms with Crippen molar-refractivity contribution in [2.24, 2.45) is 0 Å². The maximum Gasteiger partial charge on any atom is 0.273 e. The summed E-state index contributed by atoms with van der Waals surface area (Å²) in [7, 11) is 3.17. The number of rotatable bonds is 9. The van der Waals surface area contributed by atoms with Gasteiger partial charge < -0.3 is 29.6 Å². The summed E-state index contributed by atoms with van der Waals surface area (Å²) in [5.41, 5.74) is 0.143. The van der Waals surface area contributed by atoms with E-state index in [9.17, 15) is 14.4 Å². The number of hydrogen-bond acceptors (Lipinski definition) is 6. The molecule has 1 aromatic heterocycles. The van der Waals surface area contributed by atoms with Gasteiger partial charge in [0.05, 0.1) is 27.1 Å². The van der Waals surface area contributed by atoms with Gasteiger partial charge in [-0.15, -0.1) is 0 Å². The smallest absolute Gasteiger partial charge is 0.273 e. The average molecular weight is 498 g/mol. The van der Waals surface area contributed by atoms with Crippen LogP contribution in [0, 0.1) is 0 Å². The molecule has 2 heterocycles. The molecular formula is C26H35N5O5. The Morgan fingerprint density at radius 2 is 1.94 bits per heavy atom. The molecule has 1 fully saturated rings. The normalized spacial score (nSPS) is 19.7. The van der Waals surface area contributed by atoms with Gasteiger partial charge in [-0.1, -0.05) is 18.9 Å². The van der Waals surface area contributed by atoms with Gasteiger partial charge in [0.2, 0.25) is 5.91 Å². The topological polar surface area (TPSA) is 115 Å². The minimum Gasteiger partial charge on any atom is -0.497 e. The molecule has 10 nitrogen and oxygen atoms in total. The van der Waals surface area contributed by atoms with Crippen LogP contribution in [0.2, 0.25) is 0 Å². The van der Waals surface area contributed by atoms with E-state index in [1.165, 1.54) is 6.33 Å². The maximum atomic E-state index is 13.5. The molecule has 0 bridgehead atoms. The van der Waals surface area contributed by atoms with Crippen molar-refractivity contribution in [1.29, 1.82) is 0 Å². The van der Waals surface area contributed by atoms with Crippen LogP contribution in [0.5, 0.6) is 11.5 Å². The lowest BCUT2D eigenvalue weighted by atomic mass is 9.94. The van der Waals surface area contributed by atoms with Crippen molar-refractivity contribution in [2.75, 3.05) is 27.3 Å². The van der Waals surface area contributed by atoms with Crippen LogP contribution < -0.4 is 20.1 Å². The molecule has 4 rings (SSSR count). The van der Waals surface area contributed by atoms with Gasteiger partial charge >= 0.3 is 0 Å². The summed E-state index contributed by atoms with van der Waals surface area (Å²) in [6, 6.07) is 5.67. The van der Waals surface area contributed by atoms with E-state index in [1.807, 2.05) is 19.1 Å². The highest BCUT2D eigenvalue weighted by atomic mass is 16.5. The lowest BCUT2D eigenvalue weighted by Gasteiger charge is -2.43. The SMILES string of the molecule is CCN1C(=O)c2c(C(=O)NCCc3ccc(OC)cc3OC)ncn2CC1(C)C(=O)NC1CCCC1. The zero-order valence-electron chi connectivity index (χ0n) is 21.4. The largest absolute Gasteiger partial charge is 0.497 e. The highest BCUT2D eigenvalue weighted by Gasteiger charge is 2.48. The fraction of sp³-hybridized carbons (Fsp3) is 0.538. The van der Waals surface area contributed by atoms with Crippen LogP contribution in [-0.4, -0.2) is 71.1 Å². The molecule has 1 aromatic carbocycles. The van der Waals surface area contributed by atoms with Gasteiger partial charge in [-0.3, -0.25) is 14.4 Å². The van der Waals surface area contributed by atoms with Crippen LogP contribution in [0.25, 0.3) is 0 Å². The van der Waals surface area contributed by atoms with Crippen LogP contribution in [0.1, 0.15) is 66.1 Å². The first-order valence-corrected chi connectivity index (χ1v) is 12.5. The quantitative estimate of drug-likeness (QED) is 0.549. The van der Waals surface area contributed by atoms with Crippen LogP contribution in [0.4, 0.5) is 0 Å². The number of ether oxygens (including phenoxy) is 2. The van der Waals surface area contributed by atoms with Gasteiger partial charge in [-0.2, -0.15) is 0 Å². The first kappa shape index (κ1) is 25.5. The minimum absolute atomic E-state index is 0.0680. The lowest BCUT2D eigenvalue weighted by Crippen LogP contribution is -2.64. The molecule has 3 amide bonds. The van der Waals surface area contributed by atoms with E-state index in [0.717, 1.165) is 31.2 Å². The predicted octanol–water partition coefficient (Wildman–Crippen LogP) is 2.17. The highest BCUT2D eigenvalue weighted by molar-refractivity contribution is 6.07. The van der Waals surface area contributed by atoms with Crippen molar-refractivity contribution in [2.45, 2.75) is 64.1 Å². The third-order valence-electron chi connectivity index (χ3n) is 7.24. The number of methoxy groups -OCH3 is 2. The lowest BCUT2D eigenvalue weighted by molar-refractivity contribution is -0.133. The zero-order valence-corrected chi connectivity index (χ0v) is 21.4. The first-order chi connectivity index (χ1) is 17.3. The number of likely N-dealkylation sites (N-methyl/N-ethyl adjacent to an activating group) is 1. The fourth-order valence-corrected chi connectivity index (χ4v) is 5.21. The van der Waals surface area contributed by atoms with Crippen molar-refractivity contribution in [3.63, 3.8) is 0 Å². The Hall–Kier alpha value is -3.56. The maximum absolute atomic E-state index is 13.5. The van der Waals surface area contributed by atoms with Crippen LogP contribution >= 0.6 is 0 Å². The van der Waals surface area contributed by atoms with Crippen LogP contribution in [-0.2, 0) is 17.8 Å². The molecule has 36 heavy (non-hydrogen) atoms. The second kappa shape index (κ2) is 10.6. The number of benzene rings is 1. The van der Waals surface area contributed by atoms with Gasteiger partial charge in [0.15, 0.2) is 5.69 Å². The number of carbonyl (C=O) groups excluding carboxylic acids is 3. The number of nitrogens with one attached hydrogen (secondary N) is 2. The van der Waals surface area contributed by atoms with E-state index in [0.29, 0.717) is 31.0 Å². The van der Waals surface area contributed by atoms with E-state index in [1.54, 1.807) is 36.7 Å². The zero-order chi connectivity index (χ0) is 25.9. The number of imidazole rings is 1. The number of aromatic nitrogens is 2. The van der Waals surface area contributed by atoms with Gasteiger partial charge in [0.25, 0.3) is 11.8 Å². The number of hydrogen-bond donors (Lipinski definition) is 2. The summed E-state index contributed by atoms with van der Waals surface area (Å²) in [5, 5.41) is 5.99. The van der Waals surface area contributed by atoms with E-state index < -0.39 is 11.4 Å². The summed E-state index contributed by atoms with van der Waals surface area (Å²) in [6.07, 6.45) is 6.14. The Kier molecular flexibility index (Phi) is 7.51. The highest BCUT2D eigenvalue weighted by Crippen LogP contribution is 2.30. The van der Waals surface area contributed by atoms with Crippen molar-refractivity contribution in [3.05, 3.63) is 41.5 Å². The number of fused-ring (bicyclic) bond motifs is 1. The molecule has 10 heteroatoms. The fourth-order valence-electron chi connectivity index (χ4n) is 5.21. The number of amides is 3. The Bertz CT molecular complexity index is 1140. The Morgan fingerprint density at radius 3 is 2.61 bits per heavy atom. The predicted molar refractivity (Wildman–Crippen MR) is 133 cm³/mol. The molecule has 0 spiro atoms. The van der Waals surface area contributed by atoms with E-state index in [4.69, 9.17) is 9.47 Å². The summed E-state index contributed by atoms with van der Waals surface area (Å²) < 4.78 is 12.3. The molecule has 1 aliphatic heterocycles. The molecule has 0 radical (unpaired) electrons. The molecule has 1 atom stereocenters. The summed E-state index contributed by atoms with van der Waals surface area (Å²) in [6.45, 7) is 4.54. The third-order valence-corrected chi connectivity index (χ3v) is 7.24. The second-order valence-corrected chi connectivity index (χ2v) is 9.53. The third kappa shape index (κ3) is 4.76. The van der Waals surface area contributed by atoms with Gasteiger partial charge in [-0.25, -0.2) is 4.98 Å². The molecule has 2 aliphatic rings. The molecule has 1 unspecified atom stereocenters. The number of carbonyl (C=O) groups is 3. The summed E-state index contributed by atoms with van der Waals surface area (Å²) in [4.78, 5) is 45.6. The number of nitrogens with zero attached hydrogens (tertiary/aromatic N) is 3. The standard InChI is InChI=1S/C26H35N5O5/c1-5-31-24(33)22-21(23(32)27-13-12-17-10-11-19(35-3)14-20(17)36-4)28-16-30(22)15-26(31,2)25(34)29-18-8-6-7-9-18/h10-11,14,16,18H,5-9,12-13,15H2,1-4H3,(H,27,32)(H,29,34). The van der Waals surface area contributed by atoms with Gasteiger partial charge in [0.1, 0.15) is 22.7 Å². The minimum atomic E-state index is -1.05. The van der Waals surface area contributed by atoms with Crippen molar-refractivity contribution >= 4 is 17.7 Å². The van der Waals surface area contributed by atoms with Crippen LogP contribution in [0.15, 0.2) is 24.5 Å². The molecule has 2 aromatic rings. The van der Waals surface area contributed by atoms with Crippen molar-refractivity contribution in [3.8, 4) is 11.5 Å². The van der Waals surface area contributed by atoms with Gasteiger partial charge in [-0.05, 0) is 44.7 Å². The van der Waals surface area contributed by atoms with E-state index >= 15 is 0 Å². The molecule has 1 saturated carbocycles. The Morgan fingerprint density at radius 1 is 1.19 bits per heavy atom. The monoisotopic (exact) mass is 497 g/mol. The molecule has 194 valence electrons. The van der Waals surface area contributed by atoms with E-state index in [-0.39, 0.29) is 35.8 Å². The Balaban J connectivity index is 1.47. The average Bonchev–Trinajstić information content (AvgIpc) is 3.54. The van der Waals surface area contributed by atoms with Gasteiger partial charge in [0, 0.05) is 25.2 Å². The molecule has 1 aliphatic carbocycles. The van der Waals surface area contributed by atoms with Crippen molar-refractivity contribution < 1.29 is 23.9 Å². The first-order valence-electron chi connectivity index (χ1n) is 12.5.